The molecule has 0 radical (unpaired) electrons. The molecule has 0 spiro atoms. The Morgan fingerprint density at radius 1 is 0.920 bits per heavy atom. The van der Waals surface area contributed by atoms with Gasteiger partial charge < -0.3 is 19.5 Å². The summed E-state index contributed by atoms with van der Waals surface area (Å²) in [5.74, 6) is 2.37. The van der Waals surface area contributed by atoms with Gasteiger partial charge in [0.25, 0.3) is 0 Å². The summed E-state index contributed by atoms with van der Waals surface area (Å²) in [6.45, 7) is 2.34. The molecule has 0 aliphatic heterocycles. The number of benzene rings is 2. The van der Waals surface area contributed by atoms with Crippen molar-refractivity contribution in [1.82, 2.24) is 5.32 Å². The number of carbonyl (C=O) groups excluding carboxylic acids is 1. The molecule has 1 N–H and O–H groups in total. The Labute approximate surface area is 148 Å². The van der Waals surface area contributed by atoms with Crippen LogP contribution in [0.5, 0.6) is 17.2 Å². The SMILES string of the molecule is COc1ccc(CCC(=O)NC(C)COc2ccc(OC)cc2)cc1. The van der Waals surface area contributed by atoms with Crippen molar-refractivity contribution in [3.63, 3.8) is 0 Å². The number of hydrogen-bond donors (Lipinski definition) is 1. The number of amides is 1. The Morgan fingerprint density at radius 3 is 2.00 bits per heavy atom. The first-order valence-corrected chi connectivity index (χ1v) is 8.30. The number of carbonyl (C=O) groups is 1. The number of hydrogen-bond acceptors (Lipinski definition) is 4. The van der Waals surface area contributed by atoms with Gasteiger partial charge in [-0.05, 0) is 55.3 Å². The van der Waals surface area contributed by atoms with E-state index in [-0.39, 0.29) is 11.9 Å². The number of nitrogens with one attached hydrogen (secondary N) is 1. The van der Waals surface area contributed by atoms with Crippen LogP contribution in [0.25, 0.3) is 0 Å². The molecule has 0 saturated carbocycles. The Kier molecular flexibility index (Phi) is 7.14. The van der Waals surface area contributed by atoms with E-state index in [2.05, 4.69) is 5.32 Å². The topological polar surface area (TPSA) is 56.8 Å². The van der Waals surface area contributed by atoms with Crippen LogP contribution in [0.1, 0.15) is 18.9 Å². The highest BCUT2D eigenvalue weighted by Gasteiger charge is 2.08. The summed E-state index contributed by atoms with van der Waals surface area (Å²) >= 11 is 0. The molecule has 5 heteroatoms. The van der Waals surface area contributed by atoms with Crippen molar-refractivity contribution in [2.75, 3.05) is 20.8 Å². The molecule has 134 valence electrons. The highest BCUT2D eigenvalue weighted by atomic mass is 16.5. The fourth-order valence-corrected chi connectivity index (χ4v) is 2.33. The van der Waals surface area contributed by atoms with Gasteiger partial charge in [0.15, 0.2) is 0 Å². The first-order valence-electron chi connectivity index (χ1n) is 8.30. The standard InChI is InChI=1S/C20H25NO4/c1-15(14-25-19-11-9-18(24-3)10-12-19)21-20(22)13-6-16-4-7-17(23-2)8-5-16/h4-5,7-12,15H,6,13-14H2,1-3H3,(H,21,22). The van der Waals surface area contributed by atoms with Crippen molar-refractivity contribution in [1.29, 1.82) is 0 Å². The summed E-state index contributed by atoms with van der Waals surface area (Å²) in [7, 11) is 3.26. The van der Waals surface area contributed by atoms with Gasteiger partial charge in [0, 0.05) is 6.42 Å². The van der Waals surface area contributed by atoms with E-state index in [1.807, 2.05) is 55.5 Å². The minimum absolute atomic E-state index is 0.0154. The minimum Gasteiger partial charge on any atom is -0.497 e. The maximum Gasteiger partial charge on any atom is 0.220 e. The van der Waals surface area contributed by atoms with E-state index in [9.17, 15) is 4.79 Å². The zero-order valence-corrected chi connectivity index (χ0v) is 15.0. The summed E-state index contributed by atoms with van der Waals surface area (Å²) in [5, 5.41) is 2.95. The molecule has 1 atom stereocenters. The lowest BCUT2D eigenvalue weighted by atomic mass is 10.1. The quantitative estimate of drug-likeness (QED) is 0.759. The minimum atomic E-state index is -0.0644. The predicted molar refractivity (Wildman–Crippen MR) is 97.4 cm³/mol. The average Bonchev–Trinajstić information content (AvgIpc) is 2.65. The number of aryl methyl sites for hydroxylation is 1. The van der Waals surface area contributed by atoms with Crippen LogP contribution in [0.3, 0.4) is 0 Å². The van der Waals surface area contributed by atoms with Gasteiger partial charge in [0.2, 0.25) is 5.91 Å². The van der Waals surface area contributed by atoms with E-state index in [1.54, 1.807) is 14.2 Å². The molecule has 1 unspecified atom stereocenters. The maximum absolute atomic E-state index is 12.0. The summed E-state index contributed by atoms with van der Waals surface area (Å²) in [4.78, 5) is 12.0. The molecule has 0 aliphatic carbocycles. The van der Waals surface area contributed by atoms with Gasteiger partial charge in [-0.2, -0.15) is 0 Å². The zero-order chi connectivity index (χ0) is 18.1. The molecule has 0 aromatic heterocycles. The Bertz CT molecular complexity index is 652. The fourth-order valence-electron chi connectivity index (χ4n) is 2.33. The molecule has 0 saturated heterocycles. The molecule has 2 rings (SSSR count). The van der Waals surface area contributed by atoms with E-state index in [0.717, 1.165) is 22.8 Å². The fraction of sp³-hybridized carbons (Fsp3) is 0.350. The largest absolute Gasteiger partial charge is 0.497 e. The van der Waals surface area contributed by atoms with E-state index in [4.69, 9.17) is 14.2 Å². The predicted octanol–water partition coefficient (Wildman–Crippen LogP) is 3.22. The van der Waals surface area contributed by atoms with Crippen LogP contribution in [-0.4, -0.2) is 32.8 Å². The lowest BCUT2D eigenvalue weighted by Gasteiger charge is -2.15. The highest BCUT2D eigenvalue weighted by Crippen LogP contribution is 2.17. The van der Waals surface area contributed by atoms with Crippen molar-refractivity contribution in [2.45, 2.75) is 25.8 Å². The Morgan fingerprint density at radius 2 is 1.44 bits per heavy atom. The third-order valence-corrected chi connectivity index (χ3v) is 3.77. The van der Waals surface area contributed by atoms with Gasteiger partial charge in [0.05, 0.1) is 20.3 Å². The summed E-state index contributed by atoms with van der Waals surface area (Å²) in [5.41, 5.74) is 1.11. The summed E-state index contributed by atoms with van der Waals surface area (Å²) < 4.78 is 15.9. The molecule has 2 aromatic rings. The van der Waals surface area contributed by atoms with E-state index < -0.39 is 0 Å². The lowest BCUT2D eigenvalue weighted by molar-refractivity contribution is -0.121. The average molecular weight is 343 g/mol. The van der Waals surface area contributed by atoms with E-state index in [1.165, 1.54) is 0 Å². The molecular weight excluding hydrogens is 318 g/mol. The second-order valence-corrected chi connectivity index (χ2v) is 5.80. The van der Waals surface area contributed by atoms with Gasteiger partial charge in [0.1, 0.15) is 23.9 Å². The van der Waals surface area contributed by atoms with Crippen molar-refractivity contribution in [3.8, 4) is 17.2 Å². The molecule has 1 amide bonds. The second-order valence-electron chi connectivity index (χ2n) is 5.80. The second kappa shape index (κ2) is 9.57. The first kappa shape index (κ1) is 18.6. The Balaban J connectivity index is 1.69. The molecule has 2 aromatic carbocycles. The summed E-state index contributed by atoms with van der Waals surface area (Å²) in [6.07, 6.45) is 1.14. The van der Waals surface area contributed by atoms with Crippen LogP contribution in [0.4, 0.5) is 0 Å². The van der Waals surface area contributed by atoms with Crippen molar-refractivity contribution < 1.29 is 19.0 Å². The van der Waals surface area contributed by atoms with E-state index >= 15 is 0 Å². The Hall–Kier alpha value is -2.69. The summed E-state index contributed by atoms with van der Waals surface area (Å²) in [6, 6.07) is 15.1. The van der Waals surface area contributed by atoms with E-state index in [0.29, 0.717) is 19.4 Å². The van der Waals surface area contributed by atoms with Crippen LogP contribution in [-0.2, 0) is 11.2 Å². The molecular formula is C20H25NO4. The van der Waals surface area contributed by atoms with Crippen LogP contribution in [0.15, 0.2) is 48.5 Å². The van der Waals surface area contributed by atoms with Crippen molar-refractivity contribution >= 4 is 5.91 Å². The number of rotatable bonds is 9. The molecule has 0 fully saturated rings. The molecule has 25 heavy (non-hydrogen) atoms. The van der Waals surface area contributed by atoms with Gasteiger partial charge in [-0.3, -0.25) is 4.79 Å². The van der Waals surface area contributed by atoms with Gasteiger partial charge in [-0.15, -0.1) is 0 Å². The van der Waals surface area contributed by atoms with Gasteiger partial charge in [-0.25, -0.2) is 0 Å². The van der Waals surface area contributed by atoms with Crippen LogP contribution in [0.2, 0.25) is 0 Å². The smallest absolute Gasteiger partial charge is 0.220 e. The van der Waals surface area contributed by atoms with Gasteiger partial charge >= 0.3 is 0 Å². The molecule has 0 aliphatic rings. The normalized spacial score (nSPS) is 11.5. The molecule has 0 heterocycles. The van der Waals surface area contributed by atoms with Crippen LogP contribution >= 0.6 is 0 Å². The van der Waals surface area contributed by atoms with Crippen LogP contribution in [0, 0.1) is 0 Å². The zero-order valence-electron chi connectivity index (χ0n) is 15.0. The monoisotopic (exact) mass is 343 g/mol. The third kappa shape index (κ3) is 6.37. The van der Waals surface area contributed by atoms with Gasteiger partial charge in [-0.1, -0.05) is 12.1 Å². The van der Waals surface area contributed by atoms with Crippen LogP contribution < -0.4 is 19.5 Å². The van der Waals surface area contributed by atoms with Crippen molar-refractivity contribution in [2.24, 2.45) is 0 Å². The molecule has 5 nitrogen and oxygen atoms in total. The maximum atomic E-state index is 12.0. The first-order chi connectivity index (χ1) is 12.1. The molecule has 0 bridgehead atoms. The van der Waals surface area contributed by atoms with Crippen molar-refractivity contribution in [3.05, 3.63) is 54.1 Å². The number of ether oxygens (including phenoxy) is 3. The number of methoxy groups -OCH3 is 2. The lowest BCUT2D eigenvalue weighted by Crippen LogP contribution is -2.36. The third-order valence-electron chi connectivity index (χ3n) is 3.77. The highest BCUT2D eigenvalue weighted by molar-refractivity contribution is 5.76.